The van der Waals surface area contributed by atoms with Crippen LogP contribution in [-0.2, 0) is 14.8 Å². The first-order valence-electron chi connectivity index (χ1n) is 8.64. The van der Waals surface area contributed by atoms with E-state index in [0.29, 0.717) is 12.3 Å². The maximum atomic E-state index is 12.6. The van der Waals surface area contributed by atoms with Gasteiger partial charge < -0.3 is 10.1 Å². The van der Waals surface area contributed by atoms with Crippen molar-refractivity contribution in [1.82, 2.24) is 4.72 Å². The van der Waals surface area contributed by atoms with Crippen LogP contribution in [0.15, 0.2) is 47.4 Å². The quantitative estimate of drug-likeness (QED) is 0.767. The molecule has 0 saturated carbocycles. The van der Waals surface area contributed by atoms with Crippen LogP contribution in [0, 0.1) is 6.92 Å². The molecule has 1 saturated heterocycles. The maximum Gasteiger partial charge on any atom is 0.255 e. The predicted octanol–water partition coefficient (Wildman–Crippen LogP) is 3.36. The van der Waals surface area contributed by atoms with E-state index in [1.807, 2.05) is 19.1 Å². The Kier molecular flexibility index (Phi) is 6.16. The molecule has 144 valence electrons. The average molecular weight is 409 g/mol. The van der Waals surface area contributed by atoms with E-state index in [4.69, 9.17) is 16.3 Å². The molecule has 2 aromatic carbocycles. The lowest BCUT2D eigenvalue weighted by molar-refractivity contribution is 0.102. The molecule has 1 aliphatic rings. The zero-order valence-electron chi connectivity index (χ0n) is 14.9. The van der Waals surface area contributed by atoms with Gasteiger partial charge in [0.05, 0.1) is 11.1 Å². The molecule has 0 unspecified atom stereocenters. The van der Waals surface area contributed by atoms with Crippen LogP contribution >= 0.6 is 11.6 Å². The zero-order chi connectivity index (χ0) is 19.4. The highest BCUT2D eigenvalue weighted by Crippen LogP contribution is 2.24. The molecule has 0 spiro atoms. The second kappa shape index (κ2) is 8.39. The van der Waals surface area contributed by atoms with E-state index in [9.17, 15) is 13.2 Å². The number of sulfonamides is 1. The number of halogens is 1. The van der Waals surface area contributed by atoms with Crippen molar-refractivity contribution in [3.05, 3.63) is 58.6 Å². The highest BCUT2D eigenvalue weighted by Gasteiger charge is 2.23. The molecule has 0 radical (unpaired) electrons. The first-order valence-corrected chi connectivity index (χ1v) is 10.5. The fourth-order valence-corrected chi connectivity index (χ4v) is 4.37. The first-order chi connectivity index (χ1) is 12.8. The highest BCUT2D eigenvalue weighted by atomic mass is 35.5. The van der Waals surface area contributed by atoms with Gasteiger partial charge in [-0.05, 0) is 50.1 Å². The Hall–Kier alpha value is -1.93. The standard InChI is InChI=1S/C19H21ClN2O4S/c1-13-4-7-15(8-5-13)22-19(23)14-6-9-17(20)18(11-14)27(24,25)21-12-16-3-2-10-26-16/h4-9,11,16,21H,2-3,10,12H2,1H3,(H,22,23)/t16-/m1/s1. The molecule has 0 aliphatic carbocycles. The molecule has 8 heteroatoms. The summed E-state index contributed by atoms with van der Waals surface area (Å²) in [5.74, 6) is -0.411. The molecular weight excluding hydrogens is 388 g/mol. The van der Waals surface area contributed by atoms with Crippen molar-refractivity contribution in [3.8, 4) is 0 Å². The van der Waals surface area contributed by atoms with Gasteiger partial charge in [-0.3, -0.25) is 4.79 Å². The minimum absolute atomic E-state index is 0.0572. The van der Waals surface area contributed by atoms with E-state index in [1.165, 1.54) is 18.2 Å². The van der Waals surface area contributed by atoms with Crippen LogP contribution < -0.4 is 10.0 Å². The topological polar surface area (TPSA) is 84.5 Å². The Bertz CT molecular complexity index is 923. The minimum atomic E-state index is -3.85. The Morgan fingerprint density at radius 2 is 1.96 bits per heavy atom. The summed E-state index contributed by atoms with van der Waals surface area (Å²) in [4.78, 5) is 12.3. The largest absolute Gasteiger partial charge is 0.377 e. The molecule has 0 bridgehead atoms. The number of ether oxygens (including phenoxy) is 1. The van der Waals surface area contributed by atoms with E-state index < -0.39 is 15.9 Å². The number of carbonyl (C=O) groups is 1. The molecule has 1 aliphatic heterocycles. The van der Waals surface area contributed by atoms with Crippen molar-refractivity contribution in [3.63, 3.8) is 0 Å². The predicted molar refractivity (Wildman–Crippen MR) is 105 cm³/mol. The summed E-state index contributed by atoms with van der Waals surface area (Å²) in [6.07, 6.45) is 1.60. The Labute approximate surface area is 163 Å². The van der Waals surface area contributed by atoms with Crippen molar-refractivity contribution in [2.75, 3.05) is 18.5 Å². The van der Waals surface area contributed by atoms with E-state index in [0.717, 1.165) is 18.4 Å². The van der Waals surface area contributed by atoms with E-state index in [2.05, 4.69) is 10.0 Å². The lowest BCUT2D eigenvalue weighted by Crippen LogP contribution is -2.32. The molecular formula is C19H21ClN2O4S. The van der Waals surface area contributed by atoms with Gasteiger partial charge in [-0.1, -0.05) is 29.3 Å². The third-order valence-corrected chi connectivity index (χ3v) is 6.22. The summed E-state index contributed by atoms with van der Waals surface area (Å²) >= 11 is 6.08. The van der Waals surface area contributed by atoms with Gasteiger partial charge in [0.1, 0.15) is 4.90 Å². The molecule has 1 amide bonds. The molecule has 0 aromatic heterocycles. The third kappa shape index (κ3) is 5.07. The fourth-order valence-electron chi connectivity index (χ4n) is 2.78. The van der Waals surface area contributed by atoms with Gasteiger partial charge in [-0.25, -0.2) is 13.1 Å². The molecule has 3 rings (SSSR count). The van der Waals surface area contributed by atoms with E-state index in [-0.39, 0.29) is 28.1 Å². The number of rotatable bonds is 6. The summed E-state index contributed by atoms with van der Waals surface area (Å²) in [5, 5.41) is 2.80. The van der Waals surface area contributed by atoms with Gasteiger partial charge in [0.15, 0.2) is 0 Å². The van der Waals surface area contributed by atoms with Gasteiger partial charge in [0, 0.05) is 24.4 Å². The second-order valence-electron chi connectivity index (χ2n) is 6.45. The van der Waals surface area contributed by atoms with Gasteiger partial charge in [0.25, 0.3) is 5.91 Å². The van der Waals surface area contributed by atoms with Crippen molar-refractivity contribution in [2.24, 2.45) is 0 Å². The molecule has 1 atom stereocenters. The van der Waals surface area contributed by atoms with Crippen LogP contribution in [0.2, 0.25) is 5.02 Å². The summed E-state index contributed by atoms with van der Waals surface area (Å²) < 4.78 is 33.1. The minimum Gasteiger partial charge on any atom is -0.377 e. The fraction of sp³-hybridized carbons (Fsp3) is 0.316. The van der Waals surface area contributed by atoms with Gasteiger partial charge in [-0.15, -0.1) is 0 Å². The Morgan fingerprint density at radius 1 is 1.22 bits per heavy atom. The van der Waals surface area contributed by atoms with E-state index >= 15 is 0 Å². The molecule has 27 heavy (non-hydrogen) atoms. The summed E-state index contributed by atoms with van der Waals surface area (Å²) in [5.41, 5.74) is 1.91. The number of aryl methyl sites for hydroxylation is 1. The number of nitrogens with one attached hydrogen (secondary N) is 2. The number of hydrogen-bond donors (Lipinski definition) is 2. The summed E-state index contributed by atoms with van der Waals surface area (Å²) in [6.45, 7) is 2.77. The van der Waals surface area contributed by atoms with Crippen molar-refractivity contribution in [1.29, 1.82) is 0 Å². The van der Waals surface area contributed by atoms with Crippen LogP contribution in [0.4, 0.5) is 5.69 Å². The second-order valence-corrected chi connectivity index (χ2v) is 8.59. The van der Waals surface area contributed by atoms with Crippen LogP contribution in [0.5, 0.6) is 0 Å². The smallest absolute Gasteiger partial charge is 0.255 e. The van der Waals surface area contributed by atoms with Crippen LogP contribution in [0.25, 0.3) is 0 Å². The van der Waals surface area contributed by atoms with Crippen molar-refractivity contribution in [2.45, 2.75) is 30.8 Å². The normalized spacial score (nSPS) is 17.0. The first kappa shape index (κ1) is 19.8. The lowest BCUT2D eigenvalue weighted by Gasteiger charge is -2.13. The summed E-state index contributed by atoms with van der Waals surface area (Å²) in [7, 11) is -3.85. The Balaban J connectivity index is 1.76. The number of benzene rings is 2. The number of hydrogen-bond acceptors (Lipinski definition) is 4. The van der Waals surface area contributed by atoms with Gasteiger partial charge >= 0.3 is 0 Å². The lowest BCUT2D eigenvalue weighted by atomic mass is 10.2. The monoisotopic (exact) mass is 408 g/mol. The van der Waals surface area contributed by atoms with Crippen molar-refractivity contribution >= 4 is 33.2 Å². The average Bonchev–Trinajstić information content (AvgIpc) is 3.16. The molecule has 2 N–H and O–H groups in total. The number of anilines is 1. The summed E-state index contributed by atoms with van der Waals surface area (Å²) in [6, 6.07) is 11.5. The third-order valence-electron chi connectivity index (χ3n) is 4.32. The van der Waals surface area contributed by atoms with Gasteiger partial charge in [-0.2, -0.15) is 0 Å². The maximum absolute atomic E-state index is 12.6. The number of amides is 1. The highest BCUT2D eigenvalue weighted by molar-refractivity contribution is 7.89. The van der Waals surface area contributed by atoms with Crippen LogP contribution in [-0.4, -0.2) is 33.6 Å². The molecule has 1 heterocycles. The van der Waals surface area contributed by atoms with Crippen LogP contribution in [0.3, 0.4) is 0 Å². The van der Waals surface area contributed by atoms with Gasteiger partial charge in [0.2, 0.25) is 10.0 Å². The van der Waals surface area contributed by atoms with E-state index in [1.54, 1.807) is 12.1 Å². The zero-order valence-corrected chi connectivity index (χ0v) is 16.4. The molecule has 2 aromatic rings. The SMILES string of the molecule is Cc1ccc(NC(=O)c2ccc(Cl)c(S(=O)(=O)NC[C@H]3CCCO3)c2)cc1. The van der Waals surface area contributed by atoms with Crippen molar-refractivity contribution < 1.29 is 17.9 Å². The molecule has 6 nitrogen and oxygen atoms in total. The molecule has 1 fully saturated rings. The number of carbonyl (C=O) groups excluding carboxylic acids is 1. The Morgan fingerprint density at radius 3 is 2.63 bits per heavy atom. The van der Waals surface area contributed by atoms with Crippen LogP contribution in [0.1, 0.15) is 28.8 Å².